The molecule has 3 rings (SSSR count). The highest BCUT2D eigenvalue weighted by molar-refractivity contribution is 9.11. The molecule has 0 unspecified atom stereocenters. The average Bonchev–Trinajstić information content (AvgIpc) is 3.12. The maximum absolute atomic E-state index is 3.75. The van der Waals surface area contributed by atoms with Crippen LogP contribution in [0.3, 0.4) is 0 Å². The van der Waals surface area contributed by atoms with Gasteiger partial charge in [-0.1, -0.05) is 15.9 Å². The Morgan fingerprint density at radius 1 is 0.941 bits per heavy atom. The summed E-state index contributed by atoms with van der Waals surface area (Å²) in [4.78, 5) is 0. The summed E-state index contributed by atoms with van der Waals surface area (Å²) in [6, 6.07) is 4.89. The second-order valence-electron chi connectivity index (χ2n) is 5.09. The number of nitrogens with one attached hydrogen (secondary N) is 1. The van der Waals surface area contributed by atoms with Crippen LogP contribution in [-0.4, -0.2) is 6.04 Å². The van der Waals surface area contributed by atoms with Crippen LogP contribution in [0.25, 0.3) is 0 Å². The Bertz CT molecular complexity index is 403. The van der Waals surface area contributed by atoms with Gasteiger partial charge in [-0.15, -0.1) is 0 Å². The Kier molecular flexibility index (Phi) is 3.57. The molecule has 2 fully saturated rings. The quantitative estimate of drug-likeness (QED) is 0.667. The van der Waals surface area contributed by atoms with Crippen molar-refractivity contribution in [2.75, 3.05) is 5.32 Å². The van der Waals surface area contributed by atoms with Gasteiger partial charge < -0.3 is 5.32 Å². The van der Waals surface area contributed by atoms with Gasteiger partial charge >= 0.3 is 0 Å². The first-order valence-electron chi connectivity index (χ1n) is 6.06. The fraction of sp³-hybridized carbons (Fsp3) is 0.538. The summed E-state index contributed by atoms with van der Waals surface area (Å²) in [7, 11) is 0. The minimum atomic E-state index is 0.684. The van der Waals surface area contributed by atoms with Crippen LogP contribution in [0.4, 0.5) is 5.69 Å². The molecule has 2 saturated carbocycles. The number of halogens is 3. The largest absolute Gasteiger partial charge is 0.380 e. The van der Waals surface area contributed by atoms with Gasteiger partial charge in [0.15, 0.2) is 0 Å². The first-order chi connectivity index (χ1) is 8.15. The molecule has 1 nitrogen and oxygen atoms in total. The third-order valence-corrected chi connectivity index (χ3v) is 5.29. The van der Waals surface area contributed by atoms with E-state index in [0.717, 1.165) is 25.3 Å². The molecule has 0 bridgehead atoms. The second-order valence-corrected chi connectivity index (χ2v) is 7.71. The number of hydrogen-bond donors (Lipinski definition) is 1. The van der Waals surface area contributed by atoms with Gasteiger partial charge in [0, 0.05) is 19.5 Å². The lowest BCUT2D eigenvalue weighted by atomic mass is 10.1. The number of anilines is 1. The van der Waals surface area contributed by atoms with Crippen LogP contribution in [0, 0.1) is 11.8 Å². The molecule has 0 radical (unpaired) electrons. The Labute approximate surface area is 127 Å². The van der Waals surface area contributed by atoms with Crippen molar-refractivity contribution in [2.45, 2.75) is 31.7 Å². The molecule has 0 saturated heterocycles. The molecule has 0 aromatic heterocycles. The lowest BCUT2D eigenvalue weighted by molar-refractivity contribution is 0.567. The maximum Gasteiger partial charge on any atom is 0.0632 e. The molecule has 2 aliphatic carbocycles. The van der Waals surface area contributed by atoms with Crippen LogP contribution < -0.4 is 5.32 Å². The van der Waals surface area contributed by atoms with Crippen molar-refractivity contribution in [1.29, 1.82) is 0 Å². The zero-order valence-electron chi connectivity index (χ0n) is 9.35. The number of hydrogen-bond acceptors (Lipinski definition) is 1. The Balaban J connectivity index is 1.83. The van der Waals surface area contributed by atoms with Crippen molar-refractivity contribution in [3.8, 4) is 0 Å². The molecule has 1 aromatic rings. The zero-order chi connectivity index (χ0) is 12.0. The van der Waals surface area contributed by atoms with Gasteiger partial charge in [-0.3, -0.25) is 0 Å². The van der Waals surface area contributed by atoms with E-state index in [1.807, 2.05) is 0 Å². The minimum absolute atomic E-state index is 0.684. The van der Waals surface area contributed by atoms with Crippen molar-refractivity contribution in [3.05, 3.63) is 25.6 Å². The van der Waals surface area contributed by atoms with Gasteiger partial charge in [0.25, 0.3) is 0 Å². The summed E-state index contributed by atoms with van der Waals surface area (Å²) in [5.74, 6) is 1.81. The average molecular weight is 424 g/mol. The van der Waals surface area contributed by atoms with Crippen LogP contribution in [0.5, 0.6) is 0 Å². The molecule has 17 heavy (non-hydrogen) atoms. The van der Waals surface area contributed by atoms with Crippen molar-refractivity contribution in [3.63, 3.8) is 0 Å². The summed E-state index contributed by atoms with van der Waals surface area (Å²) in [5.41, 5.74) is 1.21. The first-order valence-corrected chi connectivity index (χ1v) is 8.44. The van der Waals surface area contributed by atoms with Gasteiger partial charge in [-0.25, -0.2) is 0 Å². The molecule has 4 heteroatoms. The highest BCUT2D eigenvalue weighted by atomic mass is 79.9. The monoisotopic (exact) mass is 421 g/mol. The highest BCUT2D eigenvalue weighted by Crippen LogP contribution is 2.47. The summed E-state index contributed by atoms with van der Waals surface area (Å²) < 4.78 is 3.35. The van der Waals surface area contributed by atoms with Crippen LogP contribution >= 0.6 is 47.8 Å². The molecule has 2 aliphatic rings. The fourth-order valence-corrected chi connectivity index (χ4v) is 4.87. The minimum Gasteiger partial charge on any atom is -0.380 e. The SMILES string of the molecule is Brc1cc(Br)c(NC(C2CC2)C2CC2)c(Br)c1. The molecule has 0 heterocycles. The van der Waals surface area contributed by atoms with E-state index < -0.39 is 0 Å². The van der Waals surface area contributed by atoms with Crippen molar-refractivity contribution in [1.82, 2.24) is 0 Å². The molecule has 0 spiro atoms. The summed E-state index contributed by atoms with van der Waals surface area (Å²) in [5, 5.41) is 3.75. The van der Waals surface area contributed by atoms with Crippen molar-refractivity contribution >= 4 is 53.5 Å². The van der Waals surface area contributed by atoms with E-state index in [4.69, 9.17) is 0 Å². The molecule has 1 aromatic carbocycles. The lowest BCUT2D eigenvalue weighted by Gasteiger charge is -2.21. The van der Waals surface area contributed by atoms with E-state index in [9.17, 15) is 0 Å². The van der Waals surface area contributed by atoms with Crippen LogP contribution in [0.2, 0.25) is 0 Å². The van der Waals surface area contributed by atoms with Crippen LogP contribution in [0.15, 0.2) is 25.6 Å². The molecule has 1 N–H and O–H groups in total. The zero-order valence-corrected chi connectivity index (χ0v) is 14.1. The highest BCUT2D eigenvalue weighted by Gasteiger charge is 2.41. The predicted molar refractivity (Wildman–Crippen MR) is 82.4 cm³/mol. The van der Waals surface area contributed by atoms with E-state index in [2.05, 4.69) is 65.2 Å². The Hall–Kier alpha value is 0.460. The van der Waals surface area contributed by atoms with Crippen LogP contribution in [0.1, 0.15) is 25.7 Å². The predicted octanol–water partition coefficient (Wildman–Crippen LogP) is 5.57. The first kappa shape index (κ1) is 12.5. The lowest BCUT2D eigenvalue weighted by Crippen LogP contribution is -2.24. The van der Waals surface area contributed by atoms with Crippen LogP contribution in [-0.2, 0) is 0 Å². The summed E-state index contributed by atoms with van der Waals surface area (Å²) >= 11 is 10.8. The number of benzene rings is 1. The molecule has 0 aliphatic heterocycles. The fourth-order valence-electron chi connectivity index (χ4n) is 2.38. The van der Waals surface area contributed by atoms with E-state index in [0.29, 0.717) is 6.04 Å². The van der Waals surface area contributed by atoms with Gasteiger partial charge in [0.05, 0.1) is 5.69 Å². The summed E-state index contributed by atoms with van der Waals surface area (Å²) in [6.45, 7) is 0. The van der Waals surface area contributed by atoms with E-state index in [1.165, 1.54) is 31.4 Å². The van der Waals surface area contributed by atoms with E-state index in [1.54, 1.807) is 0 Å². The van der Waals surface area contributed by atoms with Gasteiger partial charge in [0.1, 0.15) is 0 Å². The maximum atomic E-state index is 3.75. The van der Waals surface area contributed by atoms with Gasteiger partial charge in [-0.05, 0) is 81.5 Å². The van der Waals surface area contributed by atoms with Crippen molar-refractivity contribution < 1.29 is 0 Å². The topological polar surface area (TPSA) is 12.0 Å². The number of rotatable bonds is 4. The third kappa shape index (κ3) is 2.90. The molecular weight excluding hydrogens is 410 g/mol. The molecular formula is C13H14Br3N. The third-order valence-electron chi connectivity index (χ3n) is 3.58. The Morgan fingerprint density at radius 3 is 1.82 bits per heavy atom. The normalized spacial score (nSPS) is 19.8. The molecule has 0 atom stereocenters. The second kappa shape index (κ2) is 4.86. The van der Waals surface area contributed by atoms with E-state index in [-0.39, 0.29) is 0 Å². The molecule has 92 valence electrons. The van der Waals surface area contributed by atoms with Gasteiger partial charge in [-0.2, -0.15) is 0 Å². The standard InChI is InChI=1S/C13H14Br3N/c14-9-5-10(15)13(11(16)6-9)17-12(7-1-2-7)8-3-4-8/h5-8,12,17H,1-4H2. The van der Waals surface area contributed by atoms with Crippen molar-refractivity contribution in [2.24, 2.45) is 11.8 Å². The molecule has 0 amide bonds. The summed E-state index contributed by atoms with van der Waals surface area (Å²) in [6.07, 6.45) is 5.61. The van der Waals surface area contributed by atoms with Gasteiger partial charge in [0.2, 0.25) is 0 Å². The Morgan fingerprint density at radius 2 is 1.41 bits per heavy atom. The smallest absolute Gasteiger partial charge is 0.0632 e. The van der Waals surface area contributed by atoms with E-state index >= 15 is 0 Å².